The minimum atomic E-state index is 0.181. The van der Waals surface area contributed by atoms with Crippen LogP contribution in [0, 0.1) is 0 Å². The Bertz CT molecular complexity index is 85.5. The highest BCUT2D eigenvalue weighted by molar-refractivity contribution is 5.43. The molecule has 0 aliphatic carbocycles. The quantitative estimate of drug-likeness (QED) is 0.195. The normalized spacial score (nSPS) is 8.54. The Kier molecular flexibility index (Phi) is 19.9. The van der Waals surface area contributed by atoms with Crippen LogP contribution in [0.2, 0.25) is 0 Å². The number of unbranched alkanes of at least 4 members (excludes halogenated alkanes) is 1. The van der Waals surface area contributed by atoms with Crippen molar-refractivity contribution in [2.45, 2.75) is 26.2 Å². The summed E-state index contributed by atoms with van der Waals surface area (Å²) in [4.78, 5) is 8.81. The molecule has 0 spiro atoms. The van der Waals surface area contributed by atoms with Crippen molar-refractivity contribution < 1.29 is 10.0 Å². The average molecular weight is 191 g/mol. The van der Waals surface area contributed by atoms with Crippen LogP contribution in [0.4, 0.5) is 0 Å². The van der Waals surface area contributed by atoms with Gasteiger partial charge in [-0.05, 0) is 32.5 Å². The Hall–Kier alpha value is -0.650. The Morgan fingerprint density at radius 2 is 1.92 bits per heavy atom. The van der Waals surface area contributed by atoms with E-state index in [0.717, 1.165) is 26.1 Å². The fraction of sp³-hybridized carbons (Fsp3) is 0.875. The molecule has 0 fully saturated rings. The van der Waals surface area contributed by atoms with Crippen molar-refractivity contribution in [1.29, 1.82) is 0 Å². The summed E-state index contributed by atoms with van der Waals surface area (Å²) in [5, 5.41) is 10.6. The SMILES string of the molecule is CCCCNCCCN.O=CNO. The van der Waals surface area contributed by atoms with E-state index in [0.29, 0.717) is 0 Å². The lowest BCUT2D eigenvalue weighted by molar-refractivity contribution is -0.116. The van der Waals surface area contributed by atoms with E-state index in [2.05, 4.69) is 12.2 Å². The van der Waals surface area contributed by atoms with Crippen LogP contribution in [0.1, 0.15) is 26.2 Å². The third kappa shape index (κ3) is 24.6. The first-order valence-corrected chi connectivity index (χ1v) is 4.57. The molecule has 5 N–H and O–H groups in total. The molecule has 0 radical (unpaired) electrons. The Labute approximate surface area is 79.6 Å². The second-order valence-electron chi connectivity index (χ2n) is 2.49. The molecule has 0 aromatic rings. The molecular formula is C8H21N3O2. The summed E-state index contributed by atoms with van der Waals surface area (Å²) in [6.07, 6.45) is 3.84. The van der Waals surface area contributed by atoms with E-state index in [1.165, 1.54) is 18.3 Å². The lowest BCUT2D eigenvalue weighted by Crippen LogP contribution is -2.19. The molecule has 0 aliphatic heterocycles. The molecule has 0 aromatic heterocycles. The van der Waals surface area contributed by atoms with E-state index >= 15 is 0 Å². The number of nitrogens with two attached hydrogens (primary N) is 1. The minimum absolute atomic E-state index is 0.181. The van der Waals surface area contributed by atoms with Gasteiger partial charge in [0.2, 0.25) is 6.41 Å². The van der Waals surface area contributed by atoms with Crippen LogP contribution in [-0.2, 0) is 4.79 Å². The topological polar surface area (TPSA) is 87.4 Å². The van der Waals surface area contributed by atoms with Crippen molar-refractivity contribution in [3.05, 3.63) is 0 Å². The van der Waals surface area contributed by atoms with Gasteiger partial charge in [0.15, 0.2) is 0 Å². The molecule has 13 heavy (non-hydrogen) atoms. The van der Waals surface area contributed by atoms with E-state index in [9.17, 15) is 0 Å². The van der Waals surface area contributed by atoms with Crippen molar-refractivity contribution in [2.24, 2.45) is 5.73 Å². The lowest BCUT2D eigenvalue weighted by atomic mass is 10.3. The van der Waals surface area contributed by atoms with Crippen molar-refractivity contribution in [3.8, 4) is 0 Å². The first kappa shape index (κ1) is 14.9. The van der Waals surface area contributed by atoms with Crippen LogP contribution < -0.4 is 16.5 Å². The van der Waals surface area contributed by atoms with E-state index in [1.54, 1.807) is 0 Å². The second kappa shape index (κ2) is 17.4. The second-order valence-corrected chi connectivity index (χ2v) is 2.49. The molecule has 0 atom stereocenters. The smallest absolute Gasteiger partial charge is 0.230 e. The highest BCUT2D eigenvalue weighted by atomic mass is 16.5. The van der Waals surface area contributed by atoms with Gasteiger partial charge >= 0.3 is 0 Å². The number of carbonyl (C=O) groups is 1. The molecule has 0 unspecified atom stereocenters. The number of hydroxylamine groups is 1. The zero-order valence-corrected chi connectivity index (χ0v) is 8.25. The lowest BCUT2D eigenvalue weighted by Gasteiger charge is -1.99. The van der Waals surface area contributed by atoms with Crippen molar-refractivity contribution in [3.63, 3.8) is 0 Å². The van der Waals surface area contributed by atoms with Gasteiger partial charge in [0, 0.05) is 0 Å². The third-order valence-electron chi connectivity index (χ3n) is 1.32. The number of hydrogen-bond donors (Lipinski definition) is 4. The van der Waals surface area contributed by atoms with Gasteiger partial charge in [-0.25, -0.2) is 5.48 Å². The van der Waals surface area contributed by atoms with E-state index in [-0.39, 0.29) is 6.41 Å². The molecular weight excluding hydrogens is 170 g/mol. The van der Waals surface area contributed by atoms with Gasteiger partial charge in [-0.3, -0.25) is 10.0 Å². The van der Waals surface area contributed by atoms with Crippen molar-refractivity contribution in [2.75, 3.05) is 19.6 Å². The monoisotopic (exact) mass is 191 g/mol. The largest absolute Gasteiger partial charge is 0.330 e. The first-order valence-electron chi connectivity index (χ1n) is 4.57. The number of hydrogen-bond acceptors (Lipinski definition) is 4. The molecule has 0 saturated carbocycles. The van der Waals surface area contributed by atoms with Crippen LogP contribution in [0.5, 0.6) is 0 Å². The third-order valence-corrected chi connectivity index (χ3v) is 1.32. The molecule has 0 rings (SSSR count). The highest BCUT2D eigenvalue weighted by Crippen LogP contribution is 1.81. The average Bonchev–Trinajstić information content (AvgIpc) is 2.18. The molecule has 0 bridgehead atoms. The summed E-state index contributed by atoms with van der Waals surface area (Å²) in [6, 6.07) is 0. The van der Waals surface area contributed by atoms with Gasteiger partial charge in [-0.1, -0.05) is 13.3 Å². The number of amides is 1. The summed E-state index contributed by atoms with van der Waals surface area (Å²) in [6.45, 7) is 5.23. The van der Waals surface area contributed by atoms with Crippen LogP contribution in [0.25, 0.3) is 0 Å². The van der Waals surface area contributed by atoms with E-state index in [4.69, 9.17) is 15.7 Å². The number of carbonyl (C=O) groups excluding carboxylic acids is 1. The standard InChI is InChI=1S/C7H18N2.CH3NO2/c1-2-3-6-9-7-4-5-8;3-1-2-4/h9H,2-8H2,1H3;1,4H,(H,2,3). The van der Waals surface area contributed by atoms with Crippen molar-refractivity contribution in [1.82, 2.24) is 10.8 Å². The molecule has 80 valence electrons. The molecule has 1 amide bonds. The van der Waals surface area contributed by atoms with Crippen molar-refractivity contribution >= 4 is 6.41 Å². The Morgan fingerprint density at radius 3 is 2.31 bits per heavy atom. The molecule has 5 heteroatoms. The summed E-state index contributed by atoms with van der Waals surface area (Å²) in [5.41, 5.74) is 6.55. The summed E-state index contributed by atoms with van der Waals surface area (Å²) >= 11 is 0. The minimum Gasteiger partial charge on any atom is -0.330 e. The van der Waals surface area contributed by atoms with E-state index in [1.807, 2.05) is 0 Å². The molecule has 0 heterocycles. The van der Waals surface area contributed by atoms with E-state index < -0.39 is 0 Å². The predicted octanol–water partition coefficient (Wildman–Crippen LogP) is -0.153. The molecule has 5 nitrogen and oxygen atoms in total. The fourth-order valence-corrected chi connectivity index (χ4v) is 0.654. The summed E-state index contributed by atoms with van der Waals surface area (Å²) < 4.78 is 0. The zero-order valence-electron chi connectivity index (χ0n) is 8.25. The maximum absolute atomic E-state index is 8.81. The van der Waals surface area contributed by atoms with Gasteiger partial charge in [-0.15, -0.1) is 0 Å². The van der Waals surface area contributed by atoms with Gasteiger partial charge < -0.3 is 11.1 Å². The van der Waals surface area contributed by atoms with Crippen LogP contribution in [0.3, 0.4) is 0 Å². The molecule has 0 saturated heterocycles. The molecule has 0 aliphatic rings. The maximum atomic E-state index is 8.81. The summed E-state index contributed by atoms with van der Waals surface area (Å²) in [7, 11) is 0. The molecule has 0 aromatic carbocycles. The fourth-order valence-electron chi connectivity index (χ4n) is 0.654. The number of rotatable bonds is 7. The maximum Gasteiger partial charge on any atom is 0.230 e. The zero-order chi connectivity index (χ0) is 10.4. The number of nitrogens with one attached hydrogen (secondary N) is 2. The van der Waals surface area contributed by atoms with Crippen LogP contribution in [0.15, 0.2) is 0 Å². The van der Waals surface area contributed by atoms with Gasteiger partial charge in [0.1, 0.15) is 0 Å². The highest BCUT2D eigenvalue weighted by Gasteiger charge is 1.83. The Balaban J connectivity index is 0. The van der Waals surface area contributed by atoms with Gasteiger partial charge in [-0.2, -0.15) is 0 Å². The van der Waals surface area contributed by atoms with Crippen LogP contribution in [-0.4, -0.2) is 31.3 Å². The Morgan fingerprint density at radius 1 is 1.38 bits per heavy atom. The van der Waals surface area contributed by atoms with Crippen LogP contribution >= 0.6 is 0 Å². The van der Waals surface area contributed by atoms with Gasteiger partial charge in [0.05, 0.1) is 0 Å². The first-order chi connectivity index (χ1) is 6.33. The predicted molar refractivity (Wildman–Crippen MR) is 52.4 cm³/mol. The summed E-state index contributed by atoms with van der Waals surface area (Å²) in [5.74, 6) is 0. The van der Waals surface area contributed by atoms with Gasteiger partial charge in [0.25, 0.3) is 0 Å².